The topological polar surface area (TPSA) is 62.4 Å². The molecule has 0 unspecified atom stereocenters. The van der Waals surface area contributed by atoms with Crippen molar-refractivity contribution in [3.05, 3.63) is 34.9 Å². The molecule has 0 bridgehead atoms. The molecule has 0 aromatic heterocycles. The zero-order valence-corrected chi connectivity index (χ0v) is 8.77. The highest BCUT2D eigenvalue weighted by atomic mass is 35.5. The minimum atomic E-state index is 0.244. The van der Waals surface area contributed by atoms with Gasteiger partial charge in [0, 0.05) is 10.6 Å². The Labute approximate surface area is 92.1 Å². The molecule has 4 nitrogen and oxygen atoms in total. The van der Waals surface area contributed by atoms with Crippen LogP contribution in [0.5, 0.6) is 0 Å². The lowest BCUT2D eigenvalue weighted by Gasteiger charge is -1.99. The van der Waals surface area contributed by atoms with E-state index in [2.05, 4.69) is 16.0 Å². The first-order chi connectivity index (χ1) is 6.74. The monoisotopic (exact) mass is 228 g/mol. The van der Waals surface area contributed by atoms with Gasteiger partial charge in [0.05, 0.1) is 6.21 Å². The van der Waals surface area contributed by atoms with Gasteiger partial charge in [0.1, 0.15) is 0 Å². The van der Waals surface area contributed by atoms with Crippen LogP contribution in [0.15, 0.2) is 29.4 Å². The molecule has 0 aliphatic rings. The summed E-state index contributed by atoms with van der Waals surface area (Å²) in [5, 5.41) is 4.70. The molecule has 0 saturated carbocycles. The number of halogens is 1. The third-order valence-electron chi connectivity index (χ3n) is 1.41. The van der Waals surface area contributed by atoms with Crippen LogP contribution in [0.4, 0.5) is 0 Å². The summed E-state index contributed by atoms with van der Waals surface area (Å²) in [6.07, 6.45) is 1.56. The van der Waals surface area contributed by atoms with Crippen molar-refractivity contribution in [1.29, 1.82) is 0 Å². The Kier molecular flexibility index (Phi) is 4.31. The Bertz CT molecular complexity index is 353. The van der Waals surface area contributed by atoms with Crippen LogP contribution < -0.4 is 16.7 Å². The van der Waals surface area contributed by atoms with Crippen LogP contribution in [0, 0.1) is 0 Å². The van der Waals surface area contributed by atoms with Gasteiger partial charge < -0.3 is 0 Å². The van der Waals surface area contributed by atoms with E-state index >= 15 is 0 Å². The summed E-state index contributed by atoms with van der Waals surface area (Å²) >= 11 is 10.6. The fourth-order valence-electron chi connectivity index (χ4n) is 0.773. The minimum Gasteiger partial charge on any atom is -0.300 e. The maximum atomic E-state index is 5.88. The number of benzene rings is 1. The Hall–Kier alpha value is -1.17. The molecule has 4 N–H and O–H groups in total. The third-order valence-corrected chi connectivity index (χ3v) is 1.96. The number of rotatable bonds is 2. The van der Waals surface area contributed by atoms with E-state index in [4.69, 9.17) is 29.7 Å². The Balaban J connectivity index is 2.60. The van der Waals surface area contributed by atoms with Crippen LogP contribution in [0.2, 0.25) is 5.02 Å². The number of nitrogens with one attached hydrogen (secondary N) is 2. The lowest BCUT2D eigenvalue weighted by atomic mass is 10.2. The minimum absolute atomic E-state index is 0.244. The molecule has 0 radical (unpaired) electrons. The molecule has 0 heterocycles. The van der Waals surface area contributed by atoms with Crippen LogP contribution in [0.25, 0.3) is 0 Å². The SMILES string of the molecule is NNC(=S)NN=Cc1ccccc1Cl. The van der Waals surface area contributed by atoms with Crippen molar-refractivity contribution in [3.8, 4) is 0 Å². The fraction of sp³-hybridized carbons (Fsp3) is 0. The molecular weight excluding hydrogens is 220 g/mol. The summed E-state index contributed by atoms with van der Waals surface area (Å²) in [4.78, 5) is 0. The van der Waals surface area contributed by atoms with Gasteiger partial charge >= 0.3 is 0 Å². The van der Waals surface area contributed by atoms with Crippen LogP contribution in [-0.4, -0.2) is 11.3 Å². The van der Waals surface area contributed by atoms with Crippen molar-refractivity contribution < 1.29 is 0 Å². The highest BCUT2D eigenvalue weighted by molar-refractivity contribution is 7.80. The second-order valence-corrected chi connectivity index (χ2v) is 3.18. The predicted molar refractivity (Wildman–Crippen MR) is 62.1 cm³/mol. The van der Waals surface area contributed by atoms with Crippen molar-refractivity contribution in [2.75, 3.05) is 0 Å². The standard InChI is InChI=1S/C8H9ClN4S/c9-7-4-2-1-3-6(7)5-11-13-8(14)12-10/h1-5H,10H2,(H2,12,13,14). The van der Waals surface area contributed by atoms with Gasteiger partial charge in [-0.05, 0) is 18.3 Å². The van der Waals surface area contributed by atoms with E-state index in [0.29, 0.717) is 5.02 Å². The van der Waals surface area contributed by atoms with Crippen molar-refractivity contribution in [1.82, 2.24) is 10.9 Å². The molecule has 0 aliphatic carbocycles. The number of hydrogen-bond acceptors (Lipinski definition) is 3. The Morgan fingerprint density at radius 1 is 1.50 bits per heavy atom. The first-order valence-electron chi connectivity index (χ1n) is 3.78. The third kappa shape index (κ3) is 3.29. The van der Waals surface area contributed by atoms with E-state index in [1.165, 1.54) is 0 Å². The molecule has 0 fully saturated rings. The smallest absolute Gasteiger partial charge is 0.201 e. The first-order valence-corrected chi connectivity index (χ1v) is 4.57. The molecule has 14 heavy (non-hydrogen) atoms. The van der Waals surface area contributed by atoms with Gasteiger partial charge in [0.2, 0.25) is 5.11 Å². The number of hydrogen-bond donors (Lipinski definition) is 3. The number of hydrazine groups is 1. The average molecular weight is 229 g/mol. The van der Waals surface area contributed by atoms with E-state index in [-0.39, 0.29) is 5.11 Å². The largest absolute Gasteiger partial charge is 0.300 e. The number of nitrogens with zero attached hydrogens (tertiary/aromatic N) is 1. The highest BCUT2D eigenvalue weighted by Gasteiger charge is 1.93. The lowest BCUT2D eigenvalue weighted by molar-refractivity contribution is 0.930. The van der Waals surface area contributed by atoms with Gasteiger partial charge in [-0.15, -0.1) is 0 Å². The Morgan fingerprint density at radius 2 is 2.21 bits per heavy atom. The summed E-state index contributed by atoms with van der Waals surface area (Å²) in [5.41, 5.74) is 5.56. The maximum absolute atomic E-state index is 5.88. The molecule has 6 heteroatoms. The predicted octanol–water partition coefficient (Wildman–Crippen LogP) is 1.01. The van der Waals surface area contributed by atoms with Crippen molar-refractivity contribution in [3.63, 3.8) is 0 Å². The van der Waals surface area contributed by atoms with Gasteiger partial charge in [-0.2, -0.15) is 5.10 Å². The van der Waals surface area contributed by atoms with E-state index in [1.807, 2.05) is 18.2 Å². The molecule has 1 aromatic carbocycles. The van der Waals surface area contributed by atoms with E-state index in [0.717, 1.165) is 5.56 Å². The van der Waals surface area contributed by atoms with E-state index < -0.39 is 0 Å². The summed E-state index contributed by atoms with van der Waals surface area (Å²) in [7, 11) is 0. The zero-order chi connectivity index (χ0) is 10.4. The molecule has 0 amide bonds. The van der Waals surface area contributed by atoms with Gasteiger partial charge in [0.15, 0.2) is 0 Å². The molecule has 0 saturated heterocycles. The van der Waals surface area contributed by atoms with Crippen molar-refractivity contribution in [2.45, 2.75) is 0 Å². The highest BCUT2D eigenvalue weighted by Crippen LogP contribution is 2.11. The van der Waals surface area contributed by atoms with Crippen LogP contribution in [0.1, 0.15) is 5.56 Å². The van der Waals surface area contributed by atoms with Crippen LogP contribution in [0.3, 0.4) is 0 Å². The second-order valence-electron chi connectivity index (χ2n) is 2.36. The van der Waals surface area contributed by atoms with Crippen molar-refractivity contribution in [2.24, 2.45) is 10.9 Å². The maximum Gasteiger partial charge on any atom is 0.201 e. The fourth-order valence-corrected chi connectivity index (χ4v) is 1.01. The summed E-state index contributed by atoms with van der Waals surface area (Å²) in [6, 6.07) is 7.33. The molecule has 1 aromatic rings. The van der Waals surface area contributed by atoms with Crippen LogP contribution in [-0.2, 0) is 0 Å². The van der Waals surface area contributed by atoms with Crippen LogP contribution >= 0.6 is 23.8 Å². The molecule has 0 spiro atoms. The lowest BCUT2D eigenvalue weighted by Crippen LogP contribution is -2.37. The van der Waals surface area contributed by atoms with Gasteiger partial charge in [-0.25, -0.2) is 5.84 Å². The van der Waals surface area contributed by atoms with E-state index in [1.54, 1.807) is 12.3 Å². The quantitative estimate of drug-likeness (QED) is 0.306. The van der Waals surface area contributed by atoms with Crippen molar-refractivity contribution >= 4 is 35.1 Å². The normalized spacial score (nSPS) is 10.1. The van der Waals surface area contributed by atoms with Gasteiger partial charge in [-0.3, -0.25) is 10.9 Å². The van der Waals surface area contributed by atoms with Gasteiger partial charge in [0.25, 0.3) is 0 Å². The molecule has 74 valence electrons. The first kappa shape index (κ1) is 10.9. The second kappa shape index (κ2) is 5.54. The zero-order valence-electron chi connectivity index (χ0n) is 7.20. The molecule has 0 aliphatic heterocycles. The average Bonchev–Trinajstić information content (AvgIpc) is 2.20. The number of nitrogens with two attached hydrogens (primary N) is 1. The summed E-state index contributed by atoms with van der Waals surface area (Å²) < 4.78 is 0. The number of thiocarbonyl (C=S) groups is 1. The Morgan fingerprint density at radius 3 is 2.86 bits per heavy atom. The molecular formula is C8H9ClN4S. The summed E-state index contributed by atoms with van der Waals surface area (Å²) in [6.45, 7) is 0. The molecule has 1 rings (SSSR count). The summed E-state index contributed by atoms with van der Waals surface area (Å²) in [5.74, 6) is 5.03. The van der Waals surface area contributed by atoms with Gasteiger partial charge in [-0.1, -0.05) is 29.8 Å². The molecule has 0 atom stereocenters. The van der Waals surface area contributed by atoms with E-state index in [9.17, 15) is 0 Å². The number of hydrazone groups is 1.